The minimum Gasteiger partial charge on any atom is -0.474 e. The Bertz CT molecular complexity index is 1140. The Morgan fingerprint density at radius 3 is 2.91 bits per heavy atom. The predicted molar refractivity (Wildman–Crippen MR) is 122 cm³/mol. The molecular weight excluding hydrogens is 454 g/mol. The lowest BCUT2D eigenvalue weighted by Gasteiger charge is -2.40. The first-order valence-electron chi connectivity index (χ1n) is 9.89. The number of carbonyl (C=O) groups excluding carboxylic acids is 2. The van der Waals surface area contributed by atoms with Gasteiger partial charge in [-0.05, 0) is 17.7 Å². The normalized spacial score (nSPS) is 16.6. The van der Waals surface area contributed by atoms with Gasteiger partial charge >= 0.3 is 0 Å². The number of thiophene rings is 1. The number of hydrogen-bond donors (Lipinski definition) is 1. The molecule has 3 aromatic rings. The van der Waals surface area contributed by atoms with Gasteiger partial charge in [0.1, 0.15) is 18.2 Å². The number of rotatable bonds is 7. The van der Waals surface area contributed by atoms with Gasteiger partial charge in [-0.3, -0.25) is 9.59 Å². The lowest BCUT2D eigenvalue weighted by Crippen LogP contribution is -2.60. The average Bonchev–Trinajstić information content (AvgIpc) is 3.20. The topological polar surface area (TPSA) is 111 Å². The summed E-state index contributed by atoms with van der Waals surface area (Å²) in [6.07, 6.45) is 1.41. The molecule has 1 aromatic carbocycles. The Balaban J connectivity index is 1.44. The van der Waals surface area contributed by atoms with E-state index in [1.165, 1.54) is 29.7 Å². The van der Waals surface area contributed by atoms with Gasteiger partial charge in [0.05, 0.1) is 17.1 Å². The van der Waals surface area contributed by atoms with E-state index in [9.17, 15) is 9.59 Å². The van der Waals surface area contributed by atoms with Crippen molar-refractivity contribution in [2.75, 3.05) is 39.1 Å². The van der Waals surface area contributed by atoms with Crippen LogP contribution in [0.5, 0.6) is 5.06 Å². The van der Waals surface area contributed by atoms with E-state index in [-0.39, 0.29) is 25.0 Å². The van der Waals surface area contributed by atoms with E-state index in [1.807, 2.05) is 18.2 Å². The van der Waals surface area contributed by atoms with Crippen LogP contribution in [0, 0.1) is 0 Å². The number of halogens is 1. The number of methoxy groups -OCH3 is 1. The Labute approximate surface area is 193 Å². The third-order valence-corrected chi connectivity index (χ3v) is 6.40. The highest BCUT2D eigenvalue weighted by molar-refractivity contribution is 7.12. The minimum atomic E-state index is -0.713. The largest absolute Gasteiger partial charge is 0.474 e. The summed E-state index contributed by atoms with van der Waals surface area (Å²) in [6, 6.07) is 6.58. The third kappa shape index (κ3) is 4.77. The number of piperazine rings is 1. The average molecular weight is 476 g/mol. The number of amides is 2. The van der Waals surface area contributed by atoms with E-state index in [0.29, 0.717) is 35.5 Å². The van der Waals surface area contributed by atoms with Crippen molar-refractivity contribution in [1.82, 2.24) is 19.8 Å². The summed E-state index contributed by atoms with van der Waals surface area (Å²) in [6.45, 7) is 1.12. The number of aromatic nitrogens is 2. The molecule has 168 valence electrons. The van der Waals surface area contributed by atoms with Gasteiger partial charge in [-0.2, -0.15) is 0 Å². The summed E-state index contributed by atoms with van der Waals surface area (Å²) in [5.41, 5.74) is 7.52. The maximum atomic E-state index is 13.2. The Kier molecular flexibility index (Phi) is 6.73. The van der Waals surface area contributed by atoms with E-state index in [2.05, 4.69) is 9.97 Å². The predicted octanol–water partition coefficient (Wildman–Crippen LogP) is 2.19. The molecule has 1 fully saturated rings. The second-order valence-electron chi connectivity index (χ2n) is 7.30. The molecule has 0 aliphatic carbocycles. The van der Waals surface area contributed by atoms with Crippen LogP contribution in [0.2, 0.25) is 5.02 Å². The second-order valence-corrected chi connectivity index (χ2v) is 8.61. The number of fused-ring (bicyclic) bond motifs is 1. The van der Waals surface area contributed by atoms with E-state index in [0.717, 1.165) is 16.5 Å². The van der Waals surface area contributed by atoms with Gasteiger partial charge in [-0.25, -0.2) is 9.97 Å². The molecule has 0 bridgehead atoms. The molecule has 1 atom stereocenters. The van der Waals surface area contributed by atoms with Crippen LogP contribution in [0.15, 0.2) is 36.0 Å². The van der Waals surface area contributed by atoms with Crippen molar-refractivity contribution < 1.29 is 19.1 Å². The van der Waals surface area contributed by atoms with E-state index in [4.69, 9.17) is 26.8 Å². The number of nitrogen functional groups attached to an aromatic ring is 1. The van der Waals surface area contributed by atoms with Gasteiger partial charge in [-0.1, -0.05) is 17.7 Å². The molecule has 2 amide bonds. The van der Waals surface area contributed by atoms with Gasteiger partial charge in [0.2, 0.25) is 5.91 Å². The quantitative estimate of drug-likeness (QED) is 0.557. The van der Waals surface area contributed by atoms with Gasteiger partial charge in [-0.15, -0.1) is 11.3 Å². The fourth-order valence-electron chi connectivity index (χ4n) is 3.64. The Hall–Kier alpha value is -2.95. The van der Waals surface area contributed by atoms with Gasteiger partial charge in [0, 0.05) is 43.6 Å². The highest BCUT2D eigenvalue weighted by Crippen LogP contribution is 2.26. The second kappa shape index (κ2) is 9.68. The van der Waals surface area contributed by atoms with E-state index < -0.39 is 6.04 Å². The van der Waals surface area contributed by atoms with Crippen molar-refractivity contribution in [3.63, 3.8) is 0 Å². The molecule has 4 rings (SSSR count). The van der Waals surface area contributed by atoms with Crippen molar-refractivity contribution in [1.29, 1.82) is 0 Å². The van der Waals surface area contributed by atoms with E-state index >= 15 is 0 Å². The highest BCUT2D eigenvalue weighted by Gasteiger charge is 2.37. The molecule has 11 heteroatoms. The molecule has 2 aromatic heterocycles. The molecular formula is C21H22ClN5O4S. The Morgan fingerprint density at radius 1 is 1.31 bits per heavy atom. The number of carbonyl (C=O) groups is 2. The van der Waals surface area contributed by atoms with Crippen molar-refractivity contribution in [3.8, 4) is 5.06 Å². The van der Waals surface area contributed by atoms with Crippen LogP contribution in [0.1, 0.15) is 5.56 Å². The molecule has 2 N–H and O–H groups in total. The molecule has 1 saturated heterocycles. The monoisotopic (exact) mass is 475 g/mol. The zero-order valence-corrected chi connectivity index (χ0v) is 18.9. The molecule has 1 aliphatic heterocycles. The number of hydrogen-bond acceptors (Lipinski definition) is 8. The molecule has 3 heterocycles. The zero-order valence-electron chi connectivity index (χ0n) is 17.4. The maximum absolute atomic E-state index is 13.2. The van der Waals surface area contributed by atoms with Crippen LogP contribution in [-0.4, -0.2) is 71.0 Å². The molecule has 9 nitrogen and oxygen atoms in total. The number of nitrogens with two attached hydrogens (primary N) is 1. The zero-order chi connectivity index (χ0) is 22.7. The van der Waals surface area contributed by atoms with Crippen LogP contribution in [0.4, 0.5) is 5.82 Å². The standard InChI is InChI=1S/C21H22ClN5O4S/c1-30-9-17-21(29)26(8-13-2-3-15-16(6-13)24-12-25-20(15)23)4-5-27(17)18(28)10-31-19-7-14(22)11-32-19/h2-3,6-7,11-12,17H,4-5,8-10H2,1H3,(H2,23,24,25)/t17-/m0/s1. The first-order valence-corrected chi connectivity index (χ1v) is 11.1. The first kappa shape index (κ1) is 22.3. The van der Waals surface area contributed by atoms with Crippen molar-refractivity contribution in [2.24, 2.45) is 0 Å². The summed E-state index contributed by atoms with van der Waals surface area (Å²) in [5, 5.41) is 3.60. The number of anilines is 1. The van der Waals surface area contributed by atoms with Crippen molar-refractivity contribution in [3.05, 3.63) is 46.6 Å². The van der Waals surface area contributed by atoms with Crippen LogP contribution >= 0.6 is 22.9 Å². The molecule has 0 radical (unpaired) electrons. The lowest BCUT2D eigenvalue weighted by molar-refractivity contribution is -0.155. The van der Waals surface area contributed by atoms with E-state index in [1.54, 1.807) is 16.3 Å². The van der Waals surface area contributed by atoms with Crippen LogP contribution in [0.3, 0.4) is 0 Å². The SMILES string of the molecule is COC[C@H]1C(=O)N(Cc2ccc3c(N)ncnc3c2)CCN1C(=O)COc1cc(Cl)cs1. The molecule has 0 saturated carbocycles. The molecule has 1 aliphatic rings. The summed E-state index contributed by atoms with van der Waals surface area (Å²) in [7, 11) is 1.51. The first-order chi connectivity index (χ1) is 15.5. The maximum Gasteiger partial charge on any atom is 0.261 e. The number of nitrogens with zero attached hydrogens (tertiary/aromatic N) is 4. The van der Waals surface area contributed by atoms with Crippen LogP contribution < -0.4 is 10.5 Å². The Morgan fingerprint density at radius 2 is 2.16 bits per heavy atom. The molecule has 0 spiro atoms. The van der Waals surface area contributed by atoms with Gasteiger partial charge in [0.15, 0.2) is 11.7 Å². The molecule has 0 unspecified atom stereocenters. The van der Waals surface area contributed by atoms with Crippen LogP contribution in [-0.2, 0) is 20.9 Å². The highest BCUT2D eigenvalue weighted by atomic mass is 35.5. The minimum absolute atomic E-state index is 0.105. The number of benzene rings is 1. The van der Waals surface area contributed by atoms with Crippen LogP contribution in [0.25, 0.3) is 10.9 Å². The summed E-state index contributed by atoms with van der Waals surface area (Å²) in [4.78, 5) is 37.4. The summed E-state index contributed by atoms with van der Waals surface area (Å²) >= 11 is 7.20. The van der Waals surface area contributed by atoms with Crippen molar-refractivity contribution in [2.45, 2.75) is 12.6 Å². The van der Waals surface area contributed by atoms with Gasteiger partial charge < -0.3 is 25.0 Å². The lowest BCUT2D eigenvalue weighted by atomic mass is 10.1. The smallest absolute Gasteiger partial charge is 0.261 e. The summed E-state index contributed by atoms with van der Waals surface area (Å²) < 4.78 is 10.8. The molecule has 32 heavy (non-hydrogen) atoms. The summed E-state index contributed by atoms with van der Waals surface area (Å²) in [5.74, 6) is -0.0349. The van der Waals surface area contributed by atoms with Crippen molar-refractivity contribution >= 4 is 51.5 Å². The fourth-order valence-corrected chi connectivity index (χ4v) is 4.56. The third-order valence-electron chi connectivity index (χ3n) is 5.22. The van der Waals surface area contributed by atoms with Gasteiger partial charge in [0.25, 0.3) is 5.91 Å². The number of ether oxygens (including phenoxy) is 2. The fraction of sp³-hybridized carbons (Fsp3) is 0.333.